The standard InChI is InChI=1S/C12H20N2O/c1-3-6-10(2)14-11(15)12(9-13)7-4-5-8-12/h1,10H,4-9,13H2,2H3,(H,14,15). The van der Waals surface area contributed by atoms with E-state index in [2.05, 4.69) is 11.2 Å². The second-order valence-electron chi connectivity index (χ2n) is 4.47. The molecule has 1 unspecified atom stereocenters. The second-order valence-corrected chi connectivity index (χ2v) is 4.47. The Hall–Kier alpha value is -1.01. The molecule has 1 atom stereocenters. The molecule has 0 saturated heterocycles. The van der Waals surface area contributed by atoms with Gasteiger partial charge in [-0.05, 0) is 19.8 Å². The fourth-order valence-corrected chi connectivity index (χ4v) is 2.18. The lowest BCUT2D eigenvalue weighted by molar-refractivity contribution is -0.130. The Bertz CT molecular complexity index is 261. The van der Waals surface area contributed by atoms with E-state index in [1.807, 2.05) is 6.92 Å². The molecule has 3 N–H and O–H groups in total. The molecule has 1 rings (SSSR count). The number of rotatable bonds is 4. The van der Waals surface area contributed by atoms with E-state index in [9.17, 15) is 4.79 Å². The highest BCUT2D eigenvalue weighted by atomic mass is 16.2. The van der Waals surface area contributed by atoms with Crippen LogP contribution in [0.2, 0.25) is 0 Å². The molecule has 0 aromatic carbocycles. The van der Waals surface area contributed by atoms with Crippen molar-refractivity contribution in [1.82, 2.24) is 5.32 Å². The van der Waals surface area contributed by atoms with Gasteiger partial charge in [-0.15, -0.1) is 12.3 Å². The summed E-state index contributed by atoms with van der Waals surface area (Å²) in [4.78, 5) is 12.0. The Morgan fingerprint density at radius 2 is 2.20 bits per heavy atom. The first kappa shape index (κ1) is 12.1. The molecule has 3 heteroatoms. The molecule has 1 saturated carbocycles. The first-order chi connectivity index (χ1) is 7.14. The van der Waals surface area contributed by atoms with Crippen LogP contribution in [-0.2, 0) is 4.79 Å². The van der Waals surface area contributed by atoms with Crippen LogP contribution in [0.25, 0.3) is 0 Å². The van der Waals surface area contributed by atoms with Gasteiger partial charge in [0.25, 0.3) is 0 Å². The summed E-state index contributed by atoms with van der Waals surface area (Å²) >= 11 is 0. The maximum atomic E-state index is 12.0. The smallest absolute Gasteiger partial charge is 0.227 e. The molecule has 15 heavy (non-hydrogen) atoms. The first-order valence-electron chi connectivity index (χ1n) is 5.59. The van der Waals surface area contributed by atoms with Gasteiger partial charge in [-0.1, -0.05) is 12.8 Å². The summed E-state index contributed by atoms with van der Waals surface area (Å²) in [5.74, 6) is 2.64. The predicted octanol–water partition coefficient (Wildman–Crippen LogP) is 1.03. The topological polar surface area (TPSA) is 55.1 Å². The number of nitrogens with two attached hydrogens (primary N) is 1. The monoisotopic (exact) mass is 208 g/mol. The maximum absolute atomic E-state index is 12.0. The highest BCUT2D eigenvalue weighted by Crippen LogP contribution is 2.37. The SMILES string of the molecule is C#CCC(C)NC(=O)C1(CN)CCCC1. The molecular formula is C12H20N2O. The number of hydrogen-bond donors (Lipinski definition) is 2. The number of terminal acetylenes is 1. The Labute approximate surface area is 91.8 Å². The van der Waals surface area contributed by atoms with Gasteiger partial charge in [0, 0.05) is 19.0 Å². The van der Waals surface area contributed by atoms with E-state index in [1.54, 1.807) is 0 Å². The van der Waals surface area contributed by atoms with Crippen molar-refractivity contribution in [1.29, 1.82) is 0 Å². The van der Waals surface area contributed by atoms with Crippen LogP contribution in [0, 0.1) is 17.8 Å². The lowest BCUT2D eigenvalue weighted by atomic mass is 9.85. The summed E-state index contributed by atoms with van der Waals surface area (Å²) < 4.78 is 0. The molecule has 3 nitrogen and oxygen atoms in total. The van der Waals surface area contributed by atoms with E-state index in [1.165, 1.54) is 0 Å². The van der Waals surface area contributed by atoms with E-state index in [4.69, 9.17) is 12.2 Å². The first-order valence-corrected chi connectivity index (χ1v) is 5.59. The van der Waals surface area contributed by atoms with Crippen molar-refractivity contribution in [2.45, 2.75) is 45.1 Å². The average Bonchev–Trinajstić information content (AvgIpc) is 2.67. The molecule has 0 heterocycles. The van der Waals surface area contributed by atoms with Crippen molar-refractivity contribution in [3.63, 3.8) is 0 Å². The van der Waals surface area contributed by atoms with E-state index in [0.717, 1.165) is 25.7 Å². The summed E-state index contributed by atoms with van der Waals surface area (Å²) in [6.45, 7) is 2.37. The van der Waals surface area contributed by atoms with Gasteiger partial charge in [-0.2, -0.15) is 0 Å². The summed E-state index contributed by atoms with van der Waals surface area (Å²) in [7, 11) is 0. The van der Waals surface area contributed by atoms with Crippen LogP contribution in [0.4, 0.5) is 0 Å². The van der Waals surface area contributed by atoms with Gasteiger partial charge in [-0.3, -0.25) is 4.79 Å². The zero-order valence-corrected chi connectivity index (χ0v) is 9.38. The van der Waals surface area contributed by atoms with Crippen molar-refractivity contribution in [2.75, 3.05) is 6.54 Å². The van der Waals surface area contributed by atoms with Crippen molar-refractivity contribution < 1.29 is 4.79 Å². The van der Waals surface area contributed by atoms with Crippen molar-refractivity contribution in [3.05, 3.63) is 0 Å². The summed E-state index contributed by atoms with van der Waals surface area (Å²) in [5, 5.41) is 2.95. The summed E-state index contributed by atoms with van der Waals surface area (Å²) in [6, 6.07) is 0.0477. The normalized spacial score (nSPS) is 20.6. The van der Waals surface area contributed by atoms with Gasteiger partial charge in [0.05, 0.1) is 5.41 Å². The molecule has 0 aromatic rings. The number of amides is 1. The average molecular weight is 208 g/mol. The predicted molar refractivity (Wildman–Crippen MR) is 61.0 cm³/mol. The van der Waals surface area contributed by atoms with Crippen LogP contribution in [0.5, 0.6) is 0 Å². The Balaban J connectivity index is 2.55. The minimum absolute atomic E-state index is 0.0477. The molecule has 0 aromatic heterocycles. The van der Waals surface area contributed by atoms with Crippen molar-refractivity contribution >= 4 is 5.91 Å². The van der Waals surface area contributed by atoms with Crippen LogP contribution < -0.4 is 11.1 Å². The highest BCUT2D eigenvalue weighted by molar-refractivity contribution is 5.83. The lowest BCUT2D eigenvalue weighted by Crippen LogP contribution is -2.47. The van der Waals surface area contributed by atoms with Gasteiger partial charge in [-0.25, -0.2) is 0 Å². The van der Waals surface area contributed by atoms with E-state index >= 15 is 0 Å². The molecule has 1 amide bonds. The molecule has 1 aliphatic carbocycles. The zero-order valence-electron chi connectivity index (χ0n) is 9.38. The Kier molecular flexibility index (Phi) is 4.16. The number of carbonyl (C=O) groups excluding carboxylic acids is 1. The second kappa shape index (κ2) is 5.18. The number of carbonyl (C=O) groups is 1. The van der Waals surface area contributed by atoms with Crippen LogP contribution in [0.15, 0.2) is 0 Å². The van der Waals surface area contributed by atoms with Crippen molar-refractivity contribution in [3.8, 4) is 12.3 Å². The van der Waals surface area contributed by atoms with E-state index in [-0.39, 0.29) is 17.4 Å². The van der Waals surface area contributed by atoms with Crippen LogP contribution in [-0.4, -0.2) is 18.5 Å². The van der Waals surface area contributed by atoms with Crippen molar-refractivity contribution in [2.24, 2.45) is 11.1 Å². The van der Waals surface area contributed by atoms with Gasteiger partial charge in [0.2, 0.25) is 5.91 Å². The quantitative estimate of drug-likeness (QED) is 0.678. The number of hydrogen-bond acceptors (Lipinski definition) is 2. The van der Waals surface area contributed by atoms with Gasteiger partial charge in [0.15, 0.2) is 0 Å². The van der Waals surface area contributed by atoms with Gasteiger partial charge >= 0.3 is 0 Å². The van der Waals surface area contributed by atoms with Gasteiger partial charge < -0.3 is 11.1 Å². The Morgan fingerprint density at radius 1 is 1.60 bits per heavy atom. The third-order valence-electron chi connectivity index (χ3n) is 3.23. The van der Waals surface area contributed by atoms with Crippen LogP contribution in [0.1, 0.15) is 39.0 Å². The minimum Gasteiger partial charge on any atom is -0.352 e. The molecule has 1 aliphatic rings. The third-order valence-corrected chi connectivity index (χ3v) is 3.23. The third kappa shape index (κ3) is 2.73. The molecular weight excluding hydrogens is 188 g/mol. The lowest BCUT2D eigenvalue weighted by Gasteiger charge is -2.27. The number of nitrogens with one attached hydrogen (secondary N) is 1. The summed E-state index contributed by atoms with van der Waals surface area (Å²) in [6.07, 6.45) is 9.81. The zero-order chi connectivity index (χ0) is 11.3. The maximum Gasteiger partial charge on any atom is 0.227 e. The minimum atomic E-state index is -0.317. The van der Waals surface area contributed by atoms with Gasteiger partial charge in [0.1, 0.15) is 0 Å². The van der Waals surface area contributed by atoms with E-state index in [0.29, 0.717) is 13.0 Å². The van der Waals surface area contributed by atoms with E-state index < -0.39 is 0 Å². The van der Waals surface area contributed by atoms with Crippen LogP contribution in [0.3, 0.4) is 0 Å². The molecule has 0 aliphatic heterocycles. The fourth-order valence-electron chi connectivity index (χ4n) is 2.18. The van der Waals surface area contributed by atoms with Crippen LogP contribution >= 0.6 is 0 Å². The largest absolute Gasteiger partial charge is 0.352 e. The molecule has 84 valence electrons. The Morgan fingerprint density at radius 3 is 2.67 bits per heavy atom. The fraction of sp³-hybridized carbons (Fsp3) is 0.750. The summed E-state index contributed by atoms with van der Waals surface area (Å²) in [5.41, 5.74) is 5.40. The highest BCUT2D eigenvalue weighted by Gasteiger charge is 2.39. The molecule has 1 fully saturated rings. The molecule has 0 bridgehead atoms. The molecule has 0 radical (unpaired) electrons. The molecule has 0 spiro atoms.